The Morgan fingerprint density at radius 2 is 0.968 bits per heavy atom. The van der Waals surface area contributed by atoms with Gasteiger partial charge in [0.05, 0.1) is 51.4 Å². The summed E-state index contributed by atoms with van der Waals surface area (Å²) in [4.78, 5) is 40.9. The molecule has 1 heterocycles. The maximum absolute atomic E-state index is 10.4. The number of carboxylic acid groups (broad SMARTS) is 2. The van der Waals surface area contributed by atoms with Crippen LogP contribution < -0.4 is 18.9 Å². The zero-order valence-corrected chi connectivity index (χ0v) is 42.5. The van der Waals surface area contributed by atoms with E-state index in [1.165, 1.54) is 56.6 Å². The minimum Gasteiger partial charge on any atom is -1.00 e. The van der Waals surface area contributed by atoms with Crippen LogP contribution >= 0.6 is 0 Å². The van der Waals surface area contributed by atoms with E-state index in [4.69, 9.17) is 34.6 Å². The second-order valence-corrected chi connectivity index (χ2v) is 15.6. The average Bonchev–Trinajstić information content (AvgIpc) is 3.81. The van der Waals surface area contributed by atoms with Crippen LogP contribution in [-0.2, 0) is 107 Å². The summed E-state index contributed by atoms with van der Waals surface area (Å²) in [5, 5.41) is 34.4. The summed E-state index contributed by atoms with van der Waals surface area (Å²) in [6.45, 7) is 19.3. The molecule has 4 rings (SSSR count). The summed E-state index contributed by atoms with van der Waals surface area (Å²) in [5.74, 6) is -2.56. The molecule has 0 atom stereocenters. The van der Waals surface area contributed by atoms with Crippen LogP contribution in [0.4, 0.5) is 0 Å². The Labute approximate surface area is 411 Å². The molecule has 3 aromatic carbocycles. The number of aliphatic hydroxyl groups excluding tert-OH is 2. The molecule has 0 saturated carbocycles. The van der Waals surface area contributed by atoms with Gasteiger partial charge in [-0.3, -0.25) is 9.59 Å². The molecule has 3 aromatic rings. The van der Waals surface area contributed by atoms with Crippen molar-refractivity contribution in [3.63, 3.8) is 0 Å². The van der Waals surface area contributed by atoms with Crippen LogP contribution in [0.25, 0.3) is 0 Å². The van der Waals surface area contributed by atoms with Crippen LogP contribution in [0.3, 0.4) is 0 Å². The zero-order valence-electron chi connectivity index (χ0n) is 38.0. The van der Waals surface area contributed by atoms with Gasteiger partial charge in [-0.25, -0.2) is 0 Å². The largest absolute Gasteiger partial charge is 1.00 e. The van der Waals surface area contributed by atoms with Gasteiger partial charge in [0.1, 0.15) is 0 Å². The topological polar surface area (TPSA) is 205 Å². The standard InChI is InChI=1S/C14H18O2.C10H10O4.C10H14O2.2C4H8O.2C2H4O2.Al.Hg.Li.4H/c1-3-15-10-8-13-6-5-7-14(12-13)9-11-16-4-2;11-9(12)5-7-2-1-3-8(4-7)6-10(13)14;11-6-4-9-2-1-3-10(8-9)5-7-12;1-2-4-5-3-1;1-3-5-4-2;2*1-2(3)4;;;;;;;/h3-7,12H,1-2,8-11H2;1-4H,5-6H2,(H,11,12)(H,13,14);1-3,8,11-12H,4-7H2;1-4H2;3H,1,4H2,2H3;2*1H3,(H,3,4);;;;;;;/q;;;;;;;;+2;+1;;;;-1/p-2. The summed E-state index contributed by atoms with van der Waals surface area (Å²) in [6, 6.07) is 23.0. The van der Waals surface area contributed by atoms with E-state index in [1.807, 2.05) is 31.2 Å². The van der Waals surface area contributed by atoms with Crippen molar-refractivity contribution in [3.05, 3.63) is 145 Å². The van der Waals surface area contributed by atoms with Gasteiger partial charge in [0, 0.05) is 39.3 Å². The van der Waals surface area contributed by atoms with Crippen molar-refractivity contribution in [3.8, 4) is 0 Å². The number of hydrogen-bond donors (Lipinski definition) is 4. The number of carbonyl (C=O) groups is 4. The van der Waals surface area contributed by atoms with Gasteiger partial charge in [0.2, 0.25) is 0 Å². The number of rotatable bonds is 20. The predicted molar refractivity (Wildman–Crippen MR) is 240 cm³/mol. The Morgan fingerprint density at radius 1 is 0.635 bits per heavy atom. The van der Waals surface area contributed by atoms with Crippen molar-refractivity contribution in [2.24, 2.45) is 0 Å². The number of aliphatic hydroxyl groups is 2. The molecule has 63 heavy (non-hydrogen) atoms. The van der Waals surface area contributed by atoms with Crippen molar-refractivity contribution in [1.82, 2.24) is 0 Å². The second-order valence-electron chi connectivity index (χ2n) is 12.5. The third-order valence-corrected chi connectivity index (χ3v) is 11.5. The predicted octanol–water partition coefficient (Wildman–Crippen LogP) is 2.71. The molecule has 0 amide bonds. The van der Waals surface area contributed by atoms with Gasteiger partial charge in [-0.15, -0.1) is 0 Å². The van der Waals surface area contributed by atoms with Crippen molar-refractivity contribution >= 4 is 41.2 Å². The van der Waals surface area contributed by atoms with Gasteiger partial charge < -0.3 is 40.8 Å². The van der Waals surface area contributed by atoms with E-state index in [2.05, 4.69) is 54.0 Å². The number of aliphatic carboxylic acids is 2. The molecule has 342 valence electrons. The first kappa shape index (κ1) is 65.7. The van der Waals surface area contributed by atoms with Gasteiger partial charge in [-0.1, -0.05) is 92.5 Å². The molecule has 0 unspecified atom stereocenters. The molecule has 0 bridgehead atoms. The monoisotopic (exact) mass is 1080 g/mol. The molecule has 4 N–H and O–H groups in total. The molecular formula is C46H68AlHgLiO14. The van der Waals surface area contributed by atoms with E-state index in [-0.39, 0.29) is 75.6 Å². The second kappa shape index (κ2) is 47.6. The van der Waals surface area contributed by atoms with Crippen LogP contribution in [0.2, 0.25) is 0 Å². The number of hydrogen-bond acceptors (Lipinski definition) is 12. The summed E-state index contributed by atoms with van der Waals surface area (Å²) in [7, 11) is 0. The molecule has 17 heteroatoms. The maximum Gasteiger partial charge on any atom is 1.00 e. The minimum absolute atomic E-state index is 0. The van der Waals surface area contributed by atoms with Gasteiger partial charge in [-0.05, 0) is 66.0 Å². The first-order valence-electron chi connectivity index (χ1n) is 19.8. The number of ether oxygens (including phenoxy) is 4. The van der Waals surface area contributed by atoms with Crippen LogP contribution in [-0.4, -0.2) is 108 Å². The van der Waals surface area contributed by atoms with Crippen molar-refractivity contribution in [2.75, 3.05) is 46.2 Å². The van der Waals surface area contributed by atoms with E-state index < -0.39 is 37.4 Å². The van der Waals surface area contributed by atoms with Crippen molar-refractivity contribution in [1.29, 1.82) is 0 Å². The fourth-order valence-corrected chi connectivity index (χ4v) is 6.20. The SMILES string of the molecule is C1CCOC1.C=COCC.C=COCCc1cccc(CCOC=C)c1.CC(=O)[O][Hg][O]C(C)=O.O=C(O)Cc1cccc(CC(=O)O)c1.OCCc1cccc(CCO)c1.[AlH3].[H-].[Li+]. The third kappa shape index (κ3) is 45.9. The van der Waals surface area contributed by atoms with Crippen LogP contribution in [0.15, 0.2) is 111 Å². The van der Waals surface area contributed by atoms with E-state index in [9.17, 15) is 19.2 Å². The van der Waals surface area contributed by atoms with E-state index in [1.54, 1.807) is 24.3 Å². The van der Waals surface area contributed by atoms with Gasteiger partial charge in [-0.2, -0.15) is 0 Å². The Morgan fingerprint density at radius 3 is 1.22 bits per heavy atom. The van der Waals surface area contributed by atoms with E-state index >= 15 is 0 Å². The summed E-state index contributed by atoms with van der Waals surface area (Å²) in [5.41, 5.74) is 6.05. The molecule has 14 nitrogen and oxygen atoms in total. The normalized spacial score (nSPS) is 9.98. The number of carbonyl (C=O) groups excluding carboxylic acids is 2. The van der Waals surface area contributed by atoms with Gasteiger partial charge in [0.25, 0.3) is 0 Å². The van der Waals surface area contributed by atoms with Crippen LogP contribution in [0.1, 0.15) is 68.4 Å². The number of carboxylic acids is 2. The molecule has 1 aliphatic rings. The minimum atomic E-state index is -2.04. The maximum atomic E-state index is 10.4. The quantitative estimate of drug-likeness (QED) is 0.0731. The summed E-state index contributed by atoms with van der Waals surface area (Å²) >= 11 is -2.04. The Bertz CT molecular complexity index is 1560. The Balaban J connectivity index is -0.000000225. The smallest absolute Gasteiger partial charge is 1.00 e. The Kier molecular flexibility index (Phi) is 49.6. The fourth-order valence-electron chi connectivity index (χ4n) is 4.68. The van der Waals surface area contributed by atoms with Crippen molar-refractivity contribution in [2.45, 2.75) is 72.1 Å². The van der Waals surface area contributed by atoms with E-state index in [0.29, 0.717) is 37.2 Å². The fraction of sp³-hybridized carbons (Fsp3) is 0.391. The van der Waals surface area contributed by atoms with E-state index in [0.717, 1.165) is 43.8 Å². The third-order valence-electron chi connectivity index (χ3n) is 7.37. The van der Waals surface area contributed by atoms with Gasteiger partial charge >= 0.3 is 97.0 Å². The van der Waals surface area contributed by atoms with Gasteiger partial charge in [0.15, 0.2) is 17.4 Å². The Hall–Kier alpha value is -3.90. The first-order chi connectivity index (χ1) is 29.3. The zero-order chi connectivity index (χ0) is 45.9. The summed E-state index contributed by atoms with van der Waals surface area (Å²) < 4.78 is 28.7. The molecule has 0 aliphatic carbocycles. The average molecular weight is 1080 g/mol. The molecule has 0 aromatic heterocycles. The van der Waals surface area contributed by atoms with Crippen molar-refractivity contribution < 1.29 is 110 Å². The van der Waals surface area contributed by atoms with Crippen LogP contribution in [0, 0.1) is 0 Å². The van der Waals surface area contributed by atoms with Crippen LogP contribution in [0.5, 0.6) is 0 Å². The molecule has 0 radical (unpaired) electrons. The number of benzene rings is 3. The molecule has 1 fully saturated rings. The molecule has 1 saturated heterocycles. The molecule has 1 aliphatic heterocycles. The molecular weight excluding hydrogens is 1010 g/mol. The first-order valence-corrected chi connectivity index (χ1v) is 24.2. The molecule has 0 spiro atoms. The summed E-state index contributed by atoms with van der Waals surface area (Å²) in [6.07, 6.45) is 9.98.